The molecule has 1 saturated heterocycles. The molecule has 1 aromatic heterocycles. The van der Waals surface area contributed by atoms with E-state index < -0.39 is 5.60 Å². The number of aromatic nitrogens is 1. The van der Waals surface area contributed by atoms with Gasteiger partial charge in [-0.05, 0) is 26.0 Å². The Labute approximate surface area is 83.4 Å². The van der Waals surface area contributed by atoms with Crippen molar-refractivity contribution in [1.82, 2.24) is 4.98 Å². The fraction of sp³-hybridized carbons (Fsp3) is 0.500. The van der Waals surface area contributed by atoms with Gasteiger partial charge in [0.05, 0.1) is 11.3 Å². The smallest absolute Gasteiger partial charge is 0.152 e. The standard InChI is InChI=1S/C10H15N3O/c1-7-3-4-8(11)9(12-7)13-5-10(2,14)6-13/h3-4,14H,5-6,11H2,1-2H3. The number of rotatable bonds is 1. The lowest BCUT2D eigenvalue weighted by atomic mass is 9.97. The fourth-order valence-electron chi connectivity index (χ4n) is 1.73. The van der Waals surface area contributed by atoms with Crippen LogP contribution in [0.4, 0.5) is 11.5 Å². The SMILES string of the molecule is Cc1ccc(N)c(N2CC(C)(O)C2)n1. The molecule has 0 aliphatic carbocycles. The molecule has 0 bridgehead atoms. The van der Waals surface area contributed by atoms with Crippen LogP contribution < -0.4 is 10.6 Å². The van der Waals surface area contributed by atoms with E-state index in [1.807, 2.05) is 30.9 Å². The van der Waals surface area contributed by atoms with Gasteiger partial charge in [0.2, 0.25) is 0 Å². The first-order valence-electron chi connectivity index (χ1n) is 4.68. The van der Waals surface area contributed by atoms with Gasteiger partial charge in [-0.15, -0.1) is 0 Å². The van der Waals surface area contributed by atoms with Crippen molar-refractivity contribution >= 4 is 11.5 Å². The summed E-state index contributed by atoms with van der Waals surface area (Å²) in [7, 11) is 0. The second kappa shape index (κ2) is 2.85. The van der Waals surface area contributed by atoms with Gasteiger partial charge in [0.1, 0.15) is 0 Å². The topological polar surface area (TPSA) is 62.4 Å². The van der Waals surface area contributed by atoms with Crippen molar-refractivity contribution < 1.29 is 5.11 Å². The minimum Gasteiger partial charge on any atom is -0.396 e. The predicted octanol–water partition coefficient (Wildman–Crippen LogP) is 0.543. The molecule has 0 amide bonds. The van der Waals surface area contributed by atoms with Crippen molar-refractivity contribution in [2.45, 2.75) is 19.4 Å². The van der Waals surface area contributed by atoms with E-state index in [0.717, 1.165) is 11.5 Å². The zero-order valence-electron chi connectivity index (χ0n) is 8.49. The summed E-state index contributed by atoms with van der Waals surface area (Å²) < 4.78 is 0. The maximum atomic E-state index is 9.59. The molecule has 0 atom stereocenters. The third-order valence-electron chi connectivity index (χ3n) is 2.41. The van der Waals surface area contributed by atoms with Gasteiger partial charge in [0.15, 0.2) is 5.82 Å². The van der Waals surface area contributed by atoms with Crippen molar-refractivity contribution in [3.8, 4) is 0 Å². The highest BCUT2D eigenvalue weighted by atomic mass is 16.3. The van der Waals surface area contributed by atoms with E-state index >= 15 is 0 Å². The number of aryl methyl sites for hydroxylation is 1. The Morgan fingerprint density at radius 2 is 2.14 bits per heavy atom. The third-order valence-corrected chi connectivity index (χ3v) is 2.41. The van der Waals surface area contributed by atoms with E-state index in [0.29, 0.717) is 18.8 Å². The monoisotopic (exact) mass is 193 g/mol. The lowest BCUT2D eigenvalue weighted by molar-refractivity contribution is 0.0306. The van der Waals surface area contributed by atoms with Crippen molar-refractivity contribution in [3.63, 3.8) is 0 Å². The molecule has 1 aliphatic heterocycles. The van der Waals surface area contributed by atoms with Gasteiger partial charge in [0.25, 0.3) is 0 Å². The normalized spacial score (nSPS) is 19.2. The molecule has 1 aliphatic rings. The first-order chi connectivity index (χ1) is 6.48. The molecule has 0 saturated carbocycles. The number of anilines is 2. The number of pyridine rings is 1. The fourth-order valence-corrected chi connectivity index (χ4v) is 1.73. The zero-order valence-corrected chi connectivity index (χ0v) is 8.49. The van der Waals surface area contributed by atoms with Crippen LogP contribution in [0.2, 0.25) is 0 Å². The Morgan fingerprint density at radius 1 is 1.50 bits per heavy atom. The predicted molar refractivity (Wildman–Crippen MR) is 56.2 cm³/mol. The average Bonchev–Trinajstić information content (AvgIpc) is 2.05. The van der Waals surface area contributed by atoms with E-state index in [2.05, 4.69) is 4.98 Å². The summed E-state index contributed by atoms with van der Waals surface area (Å²) in [4.78, 5) is 6.34. The van der Waals surface area contributed by atoms with Gasteiger partial charge in [-0.25, -0.2) is 4.98 Å². The van der Waals surface area contributed by atoms with E-state index in [1.54, 1.807) is 0 Å². The van der Waals surface area contributed by atoms with Crippen LogP contribution in [0.5, 0.6) is 0 Å². The van der Waals surface area contributed by atoms with Crippen molar-refractivity contribution in [2.75, 3.05) is 23.7 Å². The molecule has 4 nitrogen and oxygen atoms in total. The lowest BCUT2D eigenvalue weighted by Crippen LogP contribution is -2.60. The van der Waals surface area contributed by atoms with Crippen LogP contribution in [0.1, 0.15) is 12.6 Å². The maximum absolute atomic E-state index is 9.59. The summed E-state index contributed by atoms with van der Waals surface area (Å²) in [5.74, 6) is 0.788. The van der Waals surface area contributed by atoms with Crippen LogP contribution in [-0.4, -0.2) is 28.8 Å². The Bertz CT molecular complexity index is 354. The highest BCUT2D eigenvalue weighted by molar-refractivity contribution is 5.64. The summed E-state index contributed by atoms with van der Waals surface area (Å²) in [6.45, 7) is 4.96. The summed E-state index contributed by atoms with van der Waals surface area (Å²) in [6.07, 6.45) is 0. The van der Waals surface area contributed by atoms with Crippen LogP contribution in [0.3, 0.4) is 0 Å². The molecule has 2 rings (SSSR count). The molecule has 76 valence electrons. The van der Waals surface area contributed by atoms with Gasteiger partial charge in [-0.3, -0.25) is 0 Å². The molecule has 0 unspecified atom stereocenters. The molecule has 1 aromatic rings. The molecule has 2 heterocycles. The van der Waals surface area contributed by atoms with Crippen LogP contribution in [0, 0.1) is 6.92 Å². The number of nitrogen functional groups attached to an aromatic ring is 1. The van der Waals surface area contributed by atoms with E-state index in [1.165, 1.54) is 0 Å². The molecule has 1 fully saturated rings. The molecular formula is C10H15N3O. The minimum absolute atomic E-state index is 0.585. The zero-order chi connectivity index (χ0) is 10.3. The first-order valence-corrected chi connectivity index (χ1v) is 4.68. The molecular weight excluding hydrogens is 178 g/mol. The van der Waals surface area contributed by atoms with Crippen molar-refractivity contribution in [2.24, 2.45) is 0 Å². The maximum Gasteiger partial charge on any atom is 0.152 e. The molecule has 4 heteroatoms. The first kappa shape index (κ1) is 9.27. The molecule has 14 heavy (non-hydrogen) atoms. The number of nitrogens with zero attached hydrogens (tertiary/aromatic N) is 2. The van der Waals surface area contributed by atoms with E-state index in [9.17, 15) is 5.11 Å². The second-order valence-electron chi connectivity index (χ2n) is 4.22. The Kier molecular flexibility index (Phi) is 1.89. The number of hydrogen-bond acceptors (Lipinski definition) is 4. The van der Waals surface area contributed by atoms with Gasteiger partial charge >= 0.3 is 0 Å². The van der Waals surface area contributed by atoms with Crippen molar-refractivity contribution in [1.29, 1.82) is 0 Å². The molecule has 0 aromatic carbocycles. The Hall–Kier alpha value is -1.29. The summed E-state index contributed by atoms with van der Waals surface area (Å²) in [6, 6.07) is 3.74. The Morgan fingerprint density at radius 3 is 2.71 bits per heavy atom. The number of hydrogen-bond donors (Lipinski definition) is 2. The van der Waals surface area contributed by atoms with Gasteiger partial charge in [-0.1, -0.05) is 0 Å². The summed E-state index contributed by atoms with van der Waals surface area (Å²) in [5.41, 5.74) is 6.83. The third kappa shape index (κ3) is 1.53. The molecule has 0 spiro atoms. The van der Waals surface area contributed by atoms with Gasteiger partial charge < -0.3 is 15.7 Å². The average molecular weight is 193 g/mol. The number of β-amino-alcohol motifs (C(OH)–C–C–N with tert-alkyl or cyclic N) is 1. The summed E-state index contributed by atoms with van der Waals surface area (Å²) in [5, 5.41) is 9.59. The van der Waals surface area contributed by atoms with Crippen LogP contribution >= 0.6 is 0 Å². The van der Waals surface area contributed by atoms with Crippen LogP contribution in [0.15, 0.2) is 12.1 Å². The van der Waals surface area contributed by atoms with Gasteiger partial charge in [-0.2, -0.15) is 0 Å². The summed E-state index contributed by atoms with van der Waals surface area (Å²) >= 11 is 0. The van der Waals surface area contributed by atoms with Crippen molar-refractivity contribution in [3.05, 3.63) is 17.8 Å². The lowest BCUT2D eigenvalue weighted by Gasteiger charge is -2.45. The number of nitrogens with two attached hydrogens (primary N) is 1. The van der Waals surface area contributed by atoms with Crippen LogP contribution in [0.25, 0.3) is 0 Å². The minimum atomic E-state index is -0.585. The quantitative estimate of drug-likeness (QED) is 0.683. The van der Waals surface area contributed by atoms with E-state index in [-0.39, 0.29) is 0 Å². The van der Waals surface area contributed by atoms with Gasteiger partial charge in [0, 0.05) is 18.8 Å². The second-order valence-corrected chi connectivity index (χ2v) is 4.22. The van der Waals surface area contributed by atoms with E-state index in [4.69, 9.17) is 5.73 Å². The largest absolute Gasteiger partial charge is 0.396 e. The van der Waals surface area contributed by atoms with Crippen LogP contribution in [-0.2, 0) is 0 Å². The number of aliphatic hydroxyl groups is 1. The Balaban J connectivity index is 2.22. The molecule has 3 N–H and O–H groups in total. The molecule has 0 radical (unpaired) electrons. The highest BCUT2D eigenvalue weighted by Crippen LogP contribution is 2.29. The highest BCUT2D eigenvalue weighted by Gasteiger charge is 2.37.